The van der Waals surface area contributed by atoms with Crippen LogP contribution in [0.15, 0.2) is 46.9 Å². The molecule has 1 heterocycles. The van der Waals surface area contributed by atoms with Crippen molar-refractivity contribution in [3.05, 3.63) is 58.1 Å². The second-order valence-corrected chi connectivity index (χ2v) is 5.92. The molecule has 1 aliphatic heterocycles. The molecule has 0 radical (unpaired) electrons. The molecular formula is C16H15BrClN. The summed E-state index contributed by atoms with van der Waals surface area (Å²) >= 11 is 9.56. The summed E-state index contributed by atoms with van der Waals surface area (Å²) in [6.45, 7) is 1.07. The number of aryl methyl sites for hydroxylation is 1. The van der Waals surface area contributed by atoms with E-state index in [9.17, 15) is 0 Å². The van der Waals surface area contributed by atoms with Crippen molar-refractivity contribution in [1.29, 1.82) is 0 Å². The number of rotatable bonds is 2. The number of anilines is 2. The fourth-order valence-electron chi connectivity index (χ4n) is 2.64. The van der Waals surface area contributed by atoms with Crippen LogP contribution >= 0.6 is 27.5 Å². The van der Waals surface area contributed by atoms with Crippen LogP contribution in [0.1, 0.15) is 17.5 Å². The number of halogens is 2. The van der Waals surface area contributed by atoms with E-state index in [0.29, 0.717) is 5.88 Å². The first-order chi connectivity index (χ1) is 9.29. The van der Waals surface area contributed by atoms with Crippen molar-refractivity contribution < 1.29 is 0 Å². The summed E-state index contributed by atoms with van der Waals surface area (Å²) in [5, 5.41) is 0. The molecule has 0 aliphatic carbocycles. The Labute approximate surface area is 127 Å². The van der Waals surface area contributed by atoms with E-state index in [1.165, 1.54) is 29.8 Å². The molecule has 98 valence electrons. The monoisotopic (exact) mass is 335 g/mol. The number of nitrogens with zero attached hydrogens (tertiary/aromatic N) is 1. The van der Waals surface area contributed by atoms with Gasteiger partial charge in [0.15, 0.2) is 0 Å². The van der Waals surface area contributed by atoms with Crippen molar-refractivity contribution in [2.45, 2.75) is 18.7 Å². The normalized spacial score (nSPS) is 14.3. The maximum Gasteiger partial charge on any atom is 0.0555 e. The zero-order valence-electron chi connectivity index (χ0n) is 10.6. The number of fused-ring (bicyclic) bond motifs is 1. The maximum absolute atomic E-state index is 5.88. The van der Waals surface area contributed by atoms with Gasteiger partial charge in [-0.25, -0.2) is 0 Å². The van der Waals surface area contributed by atoms with Gasteiger partial charge in [0.1, 0.15) is 0 Å². The Bertz CT molecular complexity index is 597. The lowest BCUT2D eigenvalue weighted by molar-refractivity contribution is 0.766. The number of hydrogen-bond acceptors (Lipinski definition) is 1. The molecule has 0 unspecified atom stereocenters. The number of para-hydroxylation sites is 1. The van der Waals surface area contributed by atoms with Gasteiger partial charge in [0, 0.05) is 22.6 Å². The molecular weight excluding hydrogens is 322 g/mol. The summed E-state index contributed by atoms with van der Waals surface area (Å²) in [6.07, 6.45) is 2.37. The molecule has 0 saturated heterocycles. The van der Waals surface area contributed by atoms with Gasteiger partial charge in [0.05, 0.1) is 5.69 Å². The Morgan fingerprint density at radius 2 is 1.95 bits per heavy atom. The second kappa shape index (κ2) is 5.56. The highest BCUT2D eigenvalue weighted by Gasteiger charge is 2.19. The Hall–Kier alpha value is -0.990. The van der Waals surface area contributed by atoms with Crippen molar-refractivity contribution in [3.63, 3.8) is 0 Å². The molecule has 0 bridgehead atoms. The van der Waals surface area contributed by atoms with Crippen molar-refractivity contribution in [3.8, 4) is 0 Å². The molecule has 0 fully saturated rings. The van der Waals surface area contributed by atoms with Gasteiger partial charge in [0.2, 0.25) is 0 Å². The zero-order chi connectivity index (χ0) is 13.2. The smallest absolute Gasteiger partial charge is 0.0555 e. The zero-order valence-corrected chi connectivity index (χ0v) is 12.9. The lowest BCUT2D eigenvalue weighted by atomic mass is 10.0. The SMILES string of the molecule is ClCc1ccc(N2CCCc3ccccc32)c(Br)c1. The molecule has 0 atom stereocenters. The van der Waals surface area contributed by atoms with Crippen molar-refractivity contribution in [2.24, 2.45) is 0 Å². The maximum atomic E-state index is 5.88. The first-order valence-corrected chi connectivity index (χ1v) is 7.82. The minimum absolute atomic E-state index is 0.551. The van der Waals surface area contributed by atoms with Crippen LogP contribution in [0.5, 0.6) is 0 Å². The fraction of sp³-hybridized carbons (Fsp3) is 0.250. The molecule has 0 amide bonds. The molecule has 0 N–H and O–H groups in total. The van der Waals surface area contributed by atoms with Gasteiger partial charge >= 0.3 is 0 Å². The van der Waals surface area contributed by atoms with Crippen LogP contribution < -0.4 is 4.90 Å². The van der Waals surface area contributed by atoms with Gasteiger partial charge in [-0.15, -0.1) is 11.6 Å². The first kappa shape index (κ1) is 13.0. The molecule has 1 nitrogen and oxygen atoms in total. The van der Waals surface area contributed by atoms with E-state index in [4.69, 9.17) is 11.6 Å². The summed E-state index contributed by atoms with van der Waals surface area (Å²) in [7, 11) is 0. The molecule has 2 aromatic rings. The van der Waals surface area contributed by atoms with Gasteiger partial charge < -0.3 is 4.90 Å². The lowest BCUT2D eigenvalue weighted by Gasteiger charge is -2.32. The van der Waals surface area contributed by atoms with Gasteiger partial charge in [0.25, 0.3) is 0 Å². The summed E-state index contributed by atoms with van der Waals surface area (Å²) in [5.41, 5.74) is 5.12. The van der Waals surface area contributed by atoms with Crippen LogP contribution in [-0.4, -0.2) is 6.54 Å². The molecule has 2 aromatic carbocycles. The fourth-order valence-corrected chi connectivity index (χ4v) is 3.44. The highest BCUT2D eigenvalue weighted by molar-refractivity contribution is 9.10. The Morgan fingerprint density at radius 3 is 2.74 bits per heavy atom. The van der Waals surface area contributed by atoms with Crippen molar-refractivity contribution in [2.75, 3.05) is 11.4 Å². The van der Waals surface area contributed by atoms with Gasteiger partial charge in [-0.2, -0.15) is 0 Å². The minimum Gasteiger partial charge on any atom is -0.340 e. The Morgan fingerprint density at radius 1 is 1.11 bits per heavy atom. The highest BCUT2D eigenvalue weighted by Crippen LogP contribution is 2.37. The lowest BCUT2D eigenvalue weighted by Crippen LogP contribution is -2.24. The third-order valence-corrected chi connectivity index (χ3v) is 4.51. The minimum atomic E-state index is 0.551. The van der Waals surface area contributed by atoms with Crippen LogP contribution in [0.3, 0.4) is 0 Å². The molecule has 0 spiro atoms. The Balaban J connectivity index is 2.04. The van der Waals surface area contributed by atoms with Crippen LogP contribution in [0.4, 0.5) is 11.4 Å². The van der Waals surface area contributed by atoms with Gasteiger partial charge in [-0.1, -0.05) is 24.3 Å². The number of benzene rings is 2. The average Bonchev–Trinajstić information content (AvgIpc) is 2.46. The van der Waals surface area contributed by atoms with Crippen molar-refractivity contribution >= 4 is 38.9 Å². The average molecular weight is 337 g/mol. The van der Waals surface area contributed by atoms with Gasteiger partial charge in [-0.3, -0.25) is 0 Å². The quantitative estimate of drug-likeness (QED) is 0.675. The van der Waals surface area contributed by atoms with Crippen LogP contribution in [-0.2, 0) is 12.3 Å². The number of hydrogen-bond donors (Lipinski definition) is 0. The van der Waals surface area contributed by atoms with E-state index in [1.54, 1.807) is 0 Å². The van der Waals surface area contributed by atoms with E-state index in [-0.39, 0.29) is 0 Å². The molecule has 0 saturated carbocycles. The molecule has 3 heteroatoms. The summed E-state index contributed by atoms with van der Waals surface area (Å²) in [4.78, 5) is 2.39. The number of alkyl halides is 1. The molecule has 19 heavy (non-hydrogen) atoms. The van der Waals surface area contributed by atoms with E-state index >= 15 is 0 Å². The summed E-state index contributed by atoms with van der Waals surface area (Å²) < 4.78 is 1.11. The standard InChI is InChI=1S/C16H15BrClN/c17-14-10-12(11-18)7-8-16(14)19-9-3-5-13-4-1-2-6-15(13)19/h1-2,4,6-8,10H,3,5,9,11H2. The molecule has 3 rings (SSSR count). The van der Waals surface area contributed by atoms with Crippen LogP contribution in [0.25, 0.3) is 0 Å². The van der Waals surface area contributed by atoms with E-state index < -0.39 is 0 Å². The van der Waals surface area contributed by atoms with E-state index in [0.717, 1.165) is 16.6 Å². The molecule has 0 aromatic heterocycles. The third kappa shape index (κ3) is 2.52. The summed E-state index contributed by atoms with van der Waals surface area (Å²) in [6, 6.07) is 15.0. The van der Waals surface area contributed by atoms with Crippen LogP contribution in [0.2, 0.25) is 0 Å². The molecule has 1 aliphatic rings. The predicted molar refractivity (Wildman–Crippen MR) is 85.5 cm³/mol. The third-order valence-electron chi connectivity index (χ3n) is 3.57. The van der Waals surface area contributed by atoms with Crippen LogP contribution in [0, 0.1) is 0 Å². The summed E-state index contributed by atoms with van der Waals surface area (Å²) in [5.74, 6) is 0.551. The highest BCUT2D eigenvalue weighted by atomic mass is 79.9. The predicted octanol–water partition coefficient (Wildman–Crippen LogP) is 5.27. The Kier molecular flexibility index (Phi) is 3.81. The van der Waals surface area contributed by atoms with E-state index in [2.05, 4.69) is 63.3 Å². The van der Waals surface area contributed by atoms with E-state index in [1.807, 2.05) is 0 Å². The van der Waals surface area contributed by atoms with Crippen molar-refractivity contribution in [1.82, 2.24) is 0 Å². The topological polar surface area (TPSA) is 3.24 Å². The second-order valence-electron chi connectivity index (χ2n) is 4.80. The first-order valence-electron chi connectivity index (χ1n) is 6.49. The van der Waals surface area contributed by atoms with Gasteiger partial charge in [-0.05, 0) is 58.1 Å². The largest absolute Gasteiger partial charge is 0.340 e.